The van der Waals surface area contributed by atoms with Gasteiger partial charge in [-0.2, -0.15) is 0 Å². The van der Waals surface area contributed by atoms with Gasteiger partial charge in [-0.05, 0) is 38.5 Å². The van der Waals surface area contributed by atoms with Crippen molar-refractivity contribution in [1.29, 1.82) is 0 Å². The van der Waals surface area contributed by atoms with Crippen molar-refractivity contribution in [3.63, 3.8) is 0 Å². The van der Waals surface area contributed by atoms with Gasteiger partial charge in [-0.25, -0.2) is 9.97 Å². The van der Waals surface area contributed by atoms with Gasteiger partial charge in [0.2, 0.25) is 11.9 Å². The van der Waals surface area contributed by atoms with Crippen molar-refractivity contribution in [3.8, 4) is 0 Å². The number of rotatable bonds is 3. The Morgan fingerprint density at radius 3 is 2.48 bits per heavy atom. The first-order valence-corrected chi connectivity index (χ1v) is 7.94. The Morgan fingerprint density at radius 2 is 1.83 bits per heavy atom. The van der Waals surface area contributed by atoms with Crippen LogP contribution in [-0.2, 0) is 4.79 Å². The Balaban J connectivity index is 1.71. The summed E-state index contributed by atoms with van der Waals surface area (Å²) in [5.74, 6) is 0.882. The molecule has 120 valence electrons. The molecule has 1 aliphatic heterocycles. The van der Waals surface area contributed by atoms with Gasteiger partial charge in [-0.15, -0.1) is 0 Å². The second-order valence-electron chi connectivity index (χ2n) is 6.12. The maximum Gasteiger partial charge on any atom is 0.231 e. The molecule has 0 bridgehead atoms. The highest BCUT2D eigenvalue weighted by Gasteiger charge is 2.32. The highest BCUT2D eigenvalue weighted by atomic mass is 16.2. The van der Waals surface area contributed by atoms with E-state index in [9.17, 15) is 4.79 Å². The molecule has 0 radical (unpaired) electrons. The first-order chi connectivity index (χ1) is 11.0. The lowest BCUT2D eigenvalue weighted by atomic mass is 10.1. The molecule has 1 saturated heterocycles. The molecule has 1 atom stereocenters. The fourth-order valence-electron chi connectivity index (χ4n) is 3.04. The summed E-state index contributed by atoms with van der Waals surface area (Å²) < 4.78 is 0. The summed E-state index contributed by atoms with van der Waals surface area (Å²) in [6, 6.07) is 11.7. The van der Waals surface area contributed by atoms with Gasteiger partial charge in [0.1, 0.15) is 0 Å². The van der Waals surface area contributed by atoms with E-state index in [1.807, 2.05) is 57.3 Å². The minimum absolute atomic E-state index is 0.00961. The standard InChI is InChI=1S/C18H22N4O/c1-13-11-14(2)20-18(19-13)22-10-9-15(12-22)17(23)21(3)16-7-5-4-6-8-16/h4-8,11,15H,9-10,12H2,1-3H3/t15-/m0/s1. The second kappa shape index (κ2) is 6.36. The van der Waals surface area contributed by atoms with Gasteiger partial charge < -0.3 is 9.80 Å². The average Bonchev–Trinajstić information content (AvgIpc) is 3.03. The fourth-order valence-corrected chi connectivity index (χ4v) is 3.04. The highest BCUT2D eigenvalue weighted by Crippen LogP contribution is 2.24. The Labute approximate surface area is 137 Å². The van der Waals surface area contributed by atoms with Crippen LogP contribution in [0.5, 0.6) is 0 Å². The average molecular weight is 310 g/mol. The van der Waals surface area contributed by atoms with E-state index in [-0.39, 0.29) is 11.8 Å². The number of amides is 1. The minimum atomic E-state index is -0.00961. The molecule has 0 unspecified atom stereocenters. The highest BCUT2D eigenvalue weighted by molar-refractivity contribution is 5.95. The van der Waals surface area contributed by atoms with Crippen molar-refractivity contribution in [2.75, 3.05) is 29.9 Å². The fraction of sp³-hybridized carbons (Fsp3) is 0.389. The summed E-state index contributed by atoms with van der Waals surface area (Å²) in [4.78, 5) is 25.6. The van der Waals surface area contributed by atoms with Crippen molar-refractivity contribution in [1.82, 2.24) is 9.97 Å². The van der Waals surface area contributed by atoms with Crippen LogP contribution in [0.2, 0.25) is 0 Å². The molecule has 1 aromatic carbocycles. The van der Waals surface area contributed by atoms with E-state index >= 15 is 0 Å². The Bertz CT molecular complexity index is 681. The van der Waals surface area contributed by atoms with Gasteiger partial charge in [-0.1, -0.05) is 18.2 Å². The molecular weight excluding hydrogens is 288 g/mol. The second-order valence-corrected chi connectivity index (χ2v) is 6.12. The zero-order valence-corrected chi connectivity index (χ0v) is 13.9. The molecule has 3 rings (SSSR count). The van der Waals surface area contributed by atoms with Gasteiger partial charge in [0.25, 0.3) is 0 Å². The summed E-state index contributed by atoms with van der Waals surface area (Å²) in [6.45, 7) is 5.45. The van der Waals surface area contributed by atoms with Gasteiger partial charge in [0.15, 0.2) is 0 Å². The molecular formula is C18H22N4O. The molecule has 0 aliphatic carbocycles. The molecule has 0 saturated carbocycles. The quantitative estimate of drug-likeness (QED) is 0.874. The zero-order chi connectivity index (χ0) is 16.4. The van der Waals surface area contributed by atoms with E-state index in [0.29, 0.717) is 6.54 Å². The number of hydrogen-bond acceptors (Lipinski definition) is 4. The molecule has 0 N–H and O–H groups in total. The van der Waals surface area contributed by atoms with Crippen LogP contribution in [0.3, 0.4) is 0 Å². The third kappa shape index (κ3) is 3.33. The summed E-state index contributed by atoms with van der Waals surface area (Å²) in [7, 11) is 1.84. The van der Waals surface area contributed by atoms with E-state index < -0.39 is 0 Å². The van der Waals surface area contributed by atoms with Gasteiger partial charge in [0, 0.05) is 37.2 Å². The maximum absolute atomic E-state index is 12.7. The molecule has 1 amide bonds. The molecule has 0 spiro atoms. The lowest BCUT2D eigenvalue weighted by molar-refractivity contribution is -0.121. The van der Waals surface area contributed by atoms with E-state index in [2.05, 4.69) is 14.9 Å². The normalized spacial score (nSPS) is 17.3. The van der Waals surface area contributed by atoms with E-state index in [0.717, 1.165) is 36.0 Å². The first-order valence-electron chi connectivity index (χ1n) is 7.94. The third-order valence-corrected chi connectivity index (χ3v) is 4.26. The molecule has 2 aromatic rings. The van der Waals surface area contributed by atoms with Gasteiger partial charge >= 0.3 is 0 Å². The van der Waals surface area contributed by atoms with Crippen LogP contribution in [0.15, 0.2) is 36.4 Å². The zero-order valence-electron chi connectivity index (χ0n) is 13.9. The molecule has 1 aromatic heterocycles. The number of carbonyl (C=O) groups excluding carboxylic acids is 1. The van der Waals surface area contributed by atoms with Gasteiger partial charge in [0.05, 0.1) is 5.92 Å². The Morgan fingerprint density at radius 1 is 1.17 bits per heavy atom. The van der Waals surface area contributed by atoms with Crippen LogP contribution >= 0.6 is 0 Å². The summed E-state index contributed by atoms with van der Waals surface area (Å²) in [5.41, 5.74) is 2.85. The SMILES string of the molecule is Cc1cc(C)nc(N2CC[C@H](C(=O)N(C)c3ccccc3)C2)n1. The number of benzene rings is 1. The van der Waals surface area contributed by atoms with Crippen molar-refractivity contribution < 1.29 is 4.79 Å². The number of aryl methyl sites for hydroxylation is 2. The summed E-state index contributed by atoms with van der Waals surface area (Å²) in [5, 5.41) is 0. The third-order valence-electron chi connectivity index (χ3n) is 4.26. The maximum atomic E-state index is 12.7. The molecule has 23 heavy (non-hydrogen) atoms. The lowest BCUT2D eigenvalue weighted by Crippen LogP contribution is -2.34. The van der Waals surface area contributed by atoms with Crippen molar-refractivity contribution in [2.24, 2.45) is 5.92 Å². The topological polar surface area (TPSA) is 49.3 Å². The number of carbonyl (C=O) groups is 1. The summed E-state index contributed by atoms with van der Waals surface area (Å²) >= 11 is 0. The van der Waals surface area contributed by atoms with Crippen molar-refractivity contribution in [3.05, 3.63) is 47.8 Å². The number of hydrogen-bond donors (Lipinski definition) is 0. The first kappa shape index (κ1) is 15.5. The molecule has 1 fully saturated rings. The van der Waals surface area contributed by atoms with Gasteiger partial charge in [-0.3, -0.25) is 4.79 Å². The monoisotopic (exact) mass is 310 g/mol. The molecule has 2 heterocycles. The van der Waals surface area contributed by atoms with Crippen LogP contribution in [-0.4, -0.2) is 36.0 Å². The molecule has 1 aliphatic rings. The number of nitrogens with zero attached hydrogens (tertiary/aromatic N) is 4. The van der Waals surface area contributed by atoms with Crippen LogP contribution in [0.1, 0.15) is 17.8 Å². The minimum Gasteiger partial charge on any atom is -0.340 e. The summed E-state index contributed by atoms with van der Waals surface area (Å²) in [6.07, 6.45) is 0.840. The number of anilines is 2. The Kier molecular flexibility index (Phi) is 4.28. The smallest absolute Gasteiger partial charge is 0.231 e. The molecule has 5 heteroatoms. The van der Waals surface area contributed by atoms with Crippen LogP contribution in [0.25, 0.3) is 0 Å². The van der Waals surface area contributed by atoms with Crippen LogP contribution < -0.4 is 9.80 Å². The van der Waals surface area contributed by atoms with Crippen molar-refractivity contribution in [2.45, 2.75) is 20.3 Å². The predicted molar refractivity (Wildman–Crippen MR) is 91.7 cm³/mol. The van der Waals surface area contributed by atoms with E-state index in [1.54, 1.807) is 4.90 Å². The largest absolute Gasteiger partial charge is 0.340 e. The van der Waals surface area contributed by atoms with E-state index in [1.165, 1.54) is 0 Å². The number of para-hydroxylation sites is 1. The Hall–Kier alpha value is -2.43. The molecule has 5 nitrogen and oxygen atoms in total. The lowest BCUT2D eigenvalue weighted by Gasteiger charge is -2.22. The van der Waals surface area contributed by atoms with E-state index in [4.69, 9.17) is 0 Å². The van der Waals surface area contributed by atoms with Crippen LogP contribution in [0.4, 0.5) is 11.6 Å². The van der Waals surface area contributed by atoms with Crippen LogP contribution in [0, 0.1) is 19.8 Å². The predicted octanol–water partition coefficient (Wildman–Crippen LogP) is 2.58. The van der Waals surface area contributed by atoms with Crippen molar-refractivity contribution >= 4 is 17.5 Å². The number of aromatic nitrogens is 2.